The number of primary amides is 1. The lowest BCUT2D eigenvalue weighted by Crippen LogP contribution is -2.53. The van der Waals surface area contributed by atoms with E-state index in [9.17, 15) is 19.5 Å². The Balaban J connectivity index is 2.07. The summed E-state index contributed by atoms with van der Waals surface area (Å²) in [5.41, 5.74) is 11.8. The largest absolute Gasteiger partial charge is 0.502 e. The molecular weight excluding hydrogens is 550 g/mol. The maximum absolute atomic E-state index is 13.9. The van der Waals surface area contributed by atoms with Gasteiger partial charge in [0.2, 0.25) is 17.6 Å². The van der Waals surface area contributed by atoms with E-state index in [-0.39, 0.29) is 46.2 Å². The second kappa shape index (κ2) is 14.1. The highest BCUT2D eigenvalue weighted by Crippen LogP contribution is 2.40. The minimum absolute atomic E-state index is 0.150. The van der Waals surface area contributed by atoms with Crippen molar-refractivity contribution in [3.05, 3.63) is 52.9 Å². The molecule has 0 aliphatic carbocycles. The Morgan fingerprint density at radius 3 is 2.37 bits per heavy atom. The Kier molecular flexibility index (Phi) is 10.6. The van der Waals surface area contributed by atoms with Gasteiger partial charge in [0.15, 0.2) is 22.6 Å². The average molecular weight is 584 g/mol. The normalized spacial score (nSPS) is 16.4. The van der Waals surface area contributed by atoms with Gasteiger partial charge >= 0.3 is 0 Å². The molecule has 1 aliphatic heterocycles. The maximum atomic E-state index is 13.9. The molecular formula is C27H33N7O6S. The molecule has 14 heteroatoms. The molecule has 0 aromatic heterocycles. The second-order valence-electron chi connectivity index (χ2n) is 8.92. The number of rotatable bonds is 12. The molecule has 218 valence electrons. The zero-order valence-corrected chi connectivity index (χ0v) is 23.7. The van der Waals surface area contributed by atoms with Crippen molar-refractivity contribution < 1.29 is 29.0 Å². The van der Waals surface area contributed by atoms with Crippen LogP contribution >= 0.6 is 11.8 Å². The van der Waals surface area contributed by atoms with Crippen LogP contribution < -0.4 is 31.6 Å². The van der Waals surface area contributed by atoms with Gasteiger partial charge in [0.05, 0.1) is 24.8 Å². The molecule has 1 heterocycles. The Morgan fingerprint density at radius 2 is 1.80 bits per heavy atom. The Morgan fingerprint density at radius 1 is 1.17 bits per heavy atom. The zero-order chi connectivity index (χ0) is 30.1. The van der Waals surface area contributed by atoms with Crippen LogP contribution in [0.5, 0.6) is 17.2 Å². The van der Waals surface area contributed by atoms with Gasteiger partial charge in [-0.05, 0) is 67.4 Å². The number of thioether (sulfide) groups is 1. The quantitative estimate of drug-likeness (QED) is 0.0928. The van der Waals surface area contributed by atoms with Gasteiger partial charge in [-0.15, -0.1) is 0 Å². The van der Waals surface area contributed by atoms with Crippen LogP contribution in [0, 0.1) is 5.41 Å². The van der Waals surface area contributed by atoms with E-state index in [4.69, 9.17) is 26.4 Å². The third-order valence-electron chi connectivity index (χ3n) is 5.99. The summed E-state index contributed by atoms with van der Waals surface area (Å²) < 4.78 is 10.5. The van der Waals surface area contributed by atoms with E-state index < -0.39 is 29.8 Å². The van der Waals surface area contributed by atoms with E-state index in [1.54, 1.807) is 42.5 Å². The Hall–Kier alpha value is -4.72. The van der Waals surface area contributed by atoms with Gasteiger partial charge in [0.1, 0.15) is 12.1 Å². The first-order chi connectivity index (χ1) is 19.5. The number of nitrogens with zero attached hydrogens (tertiary/aromatic N) is 2. The van der Waals surface area contributed by atoms with E-state index in [0.717, 1.165) is 11.8 Å². The summed E-state index contributed by atoms with van der Waals surface area (Å²) in [7, 11) is 2.79. The first-order valence-corrected chi connectivity index (χ1v) is 13.4. The zero-order valence-electron chi connectivity index (χ0n) is 22.8. The summed E-state index contributed by atoms with van der Waals surface area (Å²) in [4.78, 5) is 45.2. The predicted octanol–water partition coefficient (Wildman–Crippen LogP) is 1.64. The van der Waals surface area contributed by atoms with E-state index >= 15 is 0 Å². The molecule has 41 heavy (non-hydrogen) atoms. The molecule has 2 aromatic carbocycles. The fraction of sp³-hybridized carbons (Fsp3) is 0.296. The number of hydrogen-bond acceptors (Lipinski definition) is 9. The molecule has 0 bridgehead atoms. The number of phenols is 1. The van der Waals surface area contributed by atoms with Crippen molar-refractivity contribution in [2.75, 3.05) is 20.8 Å². The summed E-state index contributed by atoms with van der Waals surface area (Å²) in [6, 6.07) is 9.97. The number of carbonyl (C=O) groups excluding carboxylic acids is 3. The molecule has 3 amide bonds. The highest BCUT2D eigenvalue weighted by atomic mass is 32.2. The third kappa shape index (κ3) is 7.91. The molecule has 2 aromatic rings. The number of guanidine groups is 1. The lowest BCUT2D eigenvalue weighted by Gasteiger charge is -2.27. The van der Waals surface area contributed by atoms with Crippen molar-refractivity contribution in [2.24, 2.45) is 16.5 Å². The highest BCUT2D eigenvalue weighted by molar-refractivity contribution is 8.18. The van der Waals surface area contributed by atoms with Crippen LogP contribution in [0.4, 0.5) is 5.69 Å². The number of phenolic OH excluding ortho intramolecular Hbond substituents is 1. The number of nitrogens with two attached hydrogens (primary N) is 2. The molecule has 3 rings (SSSR count). The fourth-order valence-corrected chi connectivity index (χ4v) is 4.91. The molecule has 2 atom stereocenters. The minimum atomic E-state index is -1.07. The number of aliphatic imine (C=N–C) groups is 1. The first-order valence-electron chi connectivity index (χ1n) is 12.5. The number of hydrogen-bond donors (Lipinski definition) is 6. The van der Waals surface area contributed by atoms with E-state index in [0.29, 0.717) is 17.7 Å². The number of para-hydroxylation sites is 1. The summed E-state index contributed by atoms with van der Waals surface area (Å²) in [5, 5.41) is 23.2. The summed E-state index contributed by atoms with van der Waals surface area (Å²) in [6.45, 7) is 1.73. The molecule has 0 radical (unpaired) electrons. The van der Waals surface area contributed by atoms with Crippen molar-refractivity contribution in [3.8, 4) is 17.2 Å². The molecule has 0 unspecified atom stereocenters. The number of methoxy groups -OCH3 is 2. The van der Waals surface area contributed by atoms with Gasteiger partial charge in [-0.1, -0.05) is 18.2 Å². The van der Waals surface area contributed by atoms with Crippen LogP contribution in [0.2, 0.25) is 0 Å². The third-order valence-corrected chi connectivity index (χ3v) is 6.97. The standard InChI is InChI=1S/C27H33N7O6S/c1-15(23(28)36)32-24(37)18(10-7-11-31-26(29)30)34-25(38)21(41-27(34)33-17-8-5-4-6-9-17)14-16-12-19(39-2)22(35)20(13-16)40-3/h4-6,8-9,12-15,18,35H,7,10-11H2,1-3H3,(H2,28,36)(H,32,37)(H4,29,30,31)/t15-,18-/m0/s1. The monoisotopic (exact) mass is 583 g/mol. The number of ether oxygens (including phenoxy) is 2. The van der Waals surface area contributed by atoms with Gasteiger partial charge in [0.25, 0.3) is 5.91 Å². The molecule has 1 saturated heterocycles. The van der Waals surface area contributed by atoms with E-state index in [2.05, 4.69) is 15.6 Å². The van der Waals surface area contributed by atoms with Gasteiger partial charge in [-0.2, -0.15) is 0 Å². The lowest BCUT2D eigenvalue weighted by atomic mass is 10.1. The van der Waals surface area contributed by atoms with Gasteiger partial charge in [-0.25, -0.2) is 4.99 Å². The molecule has 0 spiro atoms. The molecule has 0 saturated carbocycles. The summed E-state index contributed by atoms with van der Waals surface area (Å²) in [5.74, 6) is -1.93. The Labute approximate surface area is 241 Å². The smallest absolute Gasteiger partial charge is 0.267 e. The van der Waals surface area contributed by atoms with Crippen LogP contribution in [0.3, 0.4) is 0 Å². The molecule has 13 nitrogen and oxygen atoms in total. The average Bonchev–Trinajstić information content (AvgIpc) is 3.23. The molecule has 8 N–H and O–H groups in total. The van der Waals surface area contributed by atoms with Gasteiger partial charge in [0, 0.05) is 6.54 Å². The van der Waals surface area contributed by atoms with E-state index in [1.807, 2.05) is 6.07 Å². The van der Waals surface area contributed by atoms with Crippen LogP contribution in [0.15, 0.2) is 52.4 Å². The number of nitrogens with one attached hydrogen (secondary N) is 3. The lowest BCUT2D eigenvalue weighted by molar-refractivity contribution is -0.134. The number of benzene rings is 2. The minimum Gasteiger partial charge on any atom is -0.502 e. The number of amidine groups is 1. The van der Waals surface area contributed by atoms with Crippen molar-refractivity contribution in [1.82, 2.24) is 15.5 Å². The topological polar surface area (TPSA) is 205 Å². The maximum Gasteiger partial charge on any atom is 0.267 e. The van der Waals surface area contributed by atoms with Crippen molar-refractivity contribution in [2.45, 2.75) is 31.8 Å². The molecule has 1 fully saturated rings. The fourth-order valence-electron chi connectivity index (χ4n) is 3.88. The second-order valence-corrected chi connectivity index (χ2v) is 9.93. The highest BCUT2D eigenvalue weighted by Gasteiger charge is 2.41. The van der Waals surface area contributed by atoms with Gasteiger partial charge < -0.3 is 36.7 Å². The molecule has 1 aliphatic rings. The Bertz CT molecular complexity index is 1340. The number of aromatic hydroxyl groups is 1. The summed E-state index contributed by atoms with van der Waals surface area (Å²) >= 11 is 1.06. The van der Waals surface area contributed by atoms with Crippen LogP contribution in [0.25, 0.3) is 6.08 Å². The van der Waals surface area contributed by atoms with Crippen molar-refractivity contribution in [1.29, 1.82) is 5.41 Å². The van der Waals surface area contributed by atoms with Crippen LogP contribution in [0.1, 0.15) is 25.3 Å². The van der Waals surface area contributed by atoms with Crippen molar-refractivity contribution >= 4 is 52.4 Å². The van der Waals surface area contributed by atoms with Crippen LogP contribution in [-0.4, -0.2) is 71.7 Å². The number of carbonyl (C=O) groups is 3. The van der Waals surface area contributed by atoms with E-state index in [1.165, 1.54) is 26.0 Å². The number of amides is 3. The van der Waals surface area contributed by atoms with Crippen molar-refractivity contribution in [3.63, 3.8) is 0 Å². The van der Waals surface area contributed by atoms with Crippen LogP contribution in [-0.2, 0) is 14.4 Å². The van der Waals surface area contributed by atoms with Gasteiger partial charge in [-0.3, -0.25) is 24.7 Å². The first kappa shape index (κ1) is 30.8. The predicted molar refractivity (Wildman–Crippen MR) is 157 cm³/mol. The summed E-state index contributed by atoms with van der Waals surface area (Å²) in [6.07, 6.45) is 2.10. The SMILES string of the molecule is COc1cc(C=C2SC(=Nc3ccccc3)N([C@@H](CCCNC(=N)N)C(=O)N[C@@H](C)C(N)=O)C2=O)cc(OC)c1O.